The van der Waals surface area contributed by atoms with Gasteiger partial charge in [-0.3, -0.25) is 19.2 Å². The molecular weight excluding hydrogens is 455 g/mol. The van der Waals surface area contributed by atoms with Crippen molar-refractivity contribution < 1.29 is 23.9 Å². The molecule has 2 amide bonds. The van der Waals surface area contributed by atoms with Crippen LogP contribution in [0.4, 0.5) is 0 Å². The number of esters is 1. The minimum absolute atomic E-state index is 0.151. The maximum Gasteiger partial charge on any atom is 0.325 e. The summed E-state index contributed by atoms with van der Waals surface area (Å²) in [6.07, 6.45) is 0. The fraction of sp³-hybridized carbons (Fsp3) is 0.304. The molecule has 0 saturated carbocycles. The second kappa shape index (κ2) is 11.1. The Morgan fingerprint density at radius 3 is 2.19 bits per heavy atom. The molecule has 0 bridgehead atoms. The Morgan fingerprint density at radius 1 is 0.844 bits per heavy atom. The van der Waals surface area contributed by atoms with Gasteiger partial charge in [-0.2, -0.15) is 0 Å². The Labute approximate surface area is 196 Å². The van der Waals surface area contributed by atoms with Crippen LogP contribution >= 0.6 is 23.2 Å². The number of rotatable bonds is 8. The highest BCUT2D eigenvalue weighted by atomic mass is 35.5. The first kappa shape index (κ1) is 25.4. The predicted molar refractivity (Wildman–Crippen MR) is 122 cm³/mol. The molecule has 0 aliphatic carbocycles. The van der Waals surface area contributed by atoms with Crippen LogP contribution in [-0.2, 0) is 14.3 Å². The second-order valence-electron chi connectivity index (χ2n) is 7.28. The molecule has 2 N–H and O–H groups in total. The number of Topliss-reactive ketones (excluding diaryl/α,β-unsaturated/α-hetero) is 1. The van der Waals surface area contributed by atoms with Gasteiger partial charge in [-0.25, -0.2) is 0 Å². The van der Waals surface area contributed by atoms with Gasteiger partial charge in [0.15, 0.2) is 6.61 Å². The van der Waals surface area contributed by atoms with Crippen LogP contribution in [0, 0.1) is 27.7 Å². The van der Waals surface area contributed by atoms with E-state index in [1.54, 1.807) is 6.07 Å². The zero-order valence-corrected chi connectivity index (χ0v) is 19.7. The summed E-state index contributed by atoms with van der Waals surface area (Å²) in [6, 6.07) is 6.13. The van der Waals surface area contributed by atoms with Crippen molar-refractivity contribution in [3.63, 3.8) is 0 Å². The number of benzene rings is 2. The number of ketones is 1. The number of ether oxygens (including phenoxy) is 1. The molecule has 2 rings (SSSR count). The Hall–Kier alpha value is -2.90. The van der Waals surface area contributed by atoms with Gasteiger partial charge in [0.25, 0.3) is 5.91 Å². The molecule has 0 aliphatic heterocycles. The van der Waals surface area contributed by atoms with Crippen LogP contribution in [0.25, 0.3) is 0 Å². The first-order chi connectivity index (χ1) is 15.0. The van der Waals surface area contributed by atoms with E-state index in [-0.39, 0.29) is 22.9 Å². The summed E-state index contributed by atoms with van der Waals surface area (Å²) in [4.78, 5) is 48.3. The summed E-state index contributed by atoms with van der Waals surface area (Å²) in [6.45, 7) is 6.46. The molecule has 0 radical (unpaired) electrons. The van der Waals surface area contributed by atoms with Crippen LogP contribution in [0.15, 0.2) is 24.3 Å². The van der Waals surface area contributed by atoms with Crippen molar-refractivity contribution in [2.24, 2.45) is 0 Å². The zero-order chi connectivity index (χ0) is 24.0. The molecule has 0 heterocycles. The Bertz CT molecular complexity index is 1080. The van der Waals surface area contributed by atoms with Gasteiger partial charge in [0, 0.05) is 10.6 Å². The smallest absolute Gasteiger partial charge is 0.325 e. The van der Waals surface area contributed by atoms with E-state index in [4.69, 9.17) is 27.9 Å². The predicted octanol–water partition coefficient (Wildman–Crippen LogP) is 3.50. The molecule has 9 heteroatoms. The fourth-order valence-corrected chi connectivity index (χ4v) is 3.43. The number of hydrogen-bond donors (Lipinski definition) is 2. The maximum absolute atomic E-state index is 12.5. The van der Waals surface area contributed by atoms with Crippen molar-refractivity contribution in [3.8, 4) is 0 Å². The third kappa shape index (κ3) is 6.55. The van der Waals surface area contributed by atoms with Gasteiger partial charge >= 0.3 is 5.97 Å². The van der Waals surface area contributed by atoms with Crippen LogP contribution in [0.1, 0.15) is 43.0 Å². The molecular formula is C23H24Cl2N2O5. The Kier molecular flexibility index (Phi) is 8.80. The van der Waals surface area contributed by atoms with E-state index in [2.05, 4.69) is 10.6 Å². The molecule has 2 aromatic carbocycles. The van der Waals surface area contributed by atoms with Gasteiger partial charge < -0.3 is 15.4 Å². The van der Waals surface area contributed by atoms with Gasteiger partial charge in [-0.15, -0.1) is 0 Å². The molecule has 7 nitrogen and oxygen atoms in total. The lowest BCUT2D eigenvalue weighted by Crippen LogP contribution is -2.39. The molecule has 0 atom stereocenters. The minimum atomic E-state index is -0.767. The molecule has 0 fully saturated rings. The number of carbonyl (C=O) groups is 4. The first-order valence-corrected chi connectivity index (χ1v) is 10.5. The van der Waals surface area contributed by atoms with Crippen LogP contribution in [-0.4, -0.2) is 43.3 Å². The summed E-state index contributed by atoms with van der Waals surface area (Å²) >= 11 is 11.7. The molecule has 32 heavy (non-hydrogen) atoms. The largest absolute Gasteiger partial charge is 0.456 e. The van der Waals surface area contributed by atoms with E-state index in [1.807, 2.05) is 27.7 Å². The molecule has 0 aromatic heterocycles. The lowest BCUT2D eigenvalue weighted by atomic mass is 9.93. The van der Waals surface area contributed by atoms with E-state index >= 15 is 0 Å². The molecule has 170 valence electrons. The van der Waals surface area contributed by atoms with Crippen molar-refractivity contribution in [2.45, 2.75) is 27.7 Å². The standard InChI is InChI=1S/C23H24Cl2N2O5/c1-12-7-18(15(4)14(3)13(12)2)20(28)11-32-22(30)10-26-21(29)9-27-23(31)17-6-5-16(24)8-19(17)25/h5-8H,9-11H2,1-4H3,(H,26,29)(H,27,31). The summed E-state index contributed by atoms with van der Waals surface area (Å²) in [5, 5.41) is 5.24. The average molecular weight is 479 g/mol. The fourth-order valence-electron chi connectivity index (χ4n) is 2.94. The quantitative estimate of drug-likeness (QED) is 0.446. The highest BCUT2D eigenvalue weighted by Crippen LogP contribution is 2.22. The van der Waals surface area contributed by atoms with Gasteiger partial charge in [-0.1, -0.05) is 23.2 Å². The number of halogens is 2. The minimum Gasteiger partial charge on any atom is -0.456 e. The number of aryl methyl sites for hydroxylation is 1. The van der Waals surface area contributed by atoms with Gasteiger partial charge in [0.2, 0.25) is 11.7 Å². The number of amides is 2. The highest BCUT2D eigenvalue weighted by Gasteiger charge is 2.17. The molecule has 0 spiro atoms. The Balaban J connectivity index is 1.79. The van der Waals surface area contributed by atoms with E-state index in [0.29, 0.717) is 10.6 Å². The maximum atomic E-state index is 12.5. The molecule has 0 aliphatic rings. The summed E-state index contributed by atoms with van der Waals surface area (Å²) in [5.41, 5.74) is 4.64. The number of nitrogens with one attached hydrogen (secondary N) is 2. The van der Waals surface area contributed by atoms with Crippen molar-refractivity contribution in [1.82, 2.24) is 10.6 Å². The van der Waals surface area contributed by atoms with Crippen LogP contribution in [0.3, 0.4) is 0 Å². The van der Waals surface area contributed by atoms with Crippen molar-refractivity contribution in [3.05, 3.63) is 67.7 Å². The number of carbonyl (C=O) groups excluding carboxylic acids is 4. The lowest BCUT2D eigenvalue weighted by molar-refractivity contribution is -0.142. The monoisotopic (exact) mass is 478 g/mol. The van der Waals surface area contributed by atoms with Gasteiger partial charge in [0.1, 0.15) is 6.54 Å². The zero-order valence-electron chi connectivity index (χ0n) is 18.2. The summed E-state index contributed by atoms with van der Waals surface area (Å²) < 4.78 is 4.97. The molecule has 0 saturated heterocycles. The third-order valence-corrected chi connectivity index (χ3v) is 5.71. The van der Waals surface area contributed by atoms with Crippen LogP contribution in [0.2, 0.25) is 10.0 Å². The molecule has 2 aromatic rings. The lowest BCUT2D eigenvalue weighted by Gasteiger charge is -2.13. The number of hydrogen-bond acceptors (Lipinski definition) is 5. The first-order valence-electron chi connectivity index (χ1n) is 9.77. The van der Waals surface area contributed by atoms with E-state index in [0.717, 1.165) is 22.3 Å². The SMILES string of the molecule is Cc1cc(C(=O)COC(=O)CNC(=O)CNC(=O)c2ccc(Cl)cc2Cl)c(C)c(C)c1C. The van der Waals surface area contributed by atoms with Gasteiger partial charge in [0.05, 0.1) is 17.1 Å². The van der Waals surface area contributed by atoms with E-state index in [9.17, 15) is 19.2 Å². The van der Waals surface area contributed by atoms with Gasteiger partial charge in [-0.05, 0) is 74.2 Å². The van der Waals surface area contributed by atoms with Crippen molar-refractivity contribution in [1.29, 1.82) is 0 Å². The topological polar surface area (TPSA) is 102 Å². The Morgan fingerprint density at radius 2 is 1.53 bits per heavy atom. The normalized spacial score (nSPS) is 10.4. The second-order valence-corrected chi connectivity index (χ2v) is 8.13. The summed E-state index contributed by atoms with van der Waals surface area (Å²) in [5.74, 6) is -2.25. The van der Waals surface area contributed by atoms with E-state index < -0.39 is 30.9 Å². The highest BCUT2D eigenvalue weighted by molar-refractivity contribution is 6.36. The van der Waals surface area contributed by atoms with Crippen molar-refractivity contribution in [2.75, 3.05) is 19.7 Å². The third-order valence-electron chi connectivity index (χ3n) is 5.16. The van der Waals surface area contributed by atoms with Crippen LogP contribution < -0.4 is 10.6 Å². The molecule has 0 unspecified atom stereocenters. The summed E-state index contributed by atoms with van der Waals surface area (Å²) in [7, 11) is 0. The van der Waals surface area contributed by atoms with Crippen molar-refractivity contribution >= 4 is 46.8 Å². The van der Waals surface area contributed by atoms with Crippen LogP contribution in [0.5, 0.6) is 0 Å². The van der Waals surface area contributed by atoms with E-state index in [1.165, 1.54) is 18.2 Å². The average Bonchev–Trinajstić information content (AvgIpc) is 2.75.